The summed E-state index contributed by atoms with van der Waals surface area (Å²) in [6.07, 6.45) is 0. The molecule has 0 saturated carbocycles. The first-order valence-corrected chi connectivity index (χ1v) is 6.66. The molecule has 3 rings (SSSR count). The summed E-state index contributed by atoms with van der Waals surface area (Å²) < 4.78 is 0.661. The molecule has 0 fully saturated rings. The number of nitrogens with one attached hydrogen (secondary N) is 1. The third kappa shape index (κ3) is 2.11. The first kappa shape index (κ1) is 12.0. The van der Waals surface area contributed by atoms with Crippen molar-refractivity contribution in [2.45, 2.75) is 0 Å². The zero-order valence-corrected chi connectivity index (χ0v) is 12.0. The number of H-pyrrole nitrogens is 1. The molecule has 2 aromatic heterocycles. The average Bonchev–Trinajstić information content (AvgIpc) is 2.74. The van der Waals surface area contributed by atoms with Gasteiger partial charge in [-0.15, -0.1) is 0 Å². The lowest BCUT2D eigenvalue weighted by Crippen LogP contribution is -1.79. The predicted octanol–water partition coefficient (Wildman–Crippen LogP) is 4.69. The lowest BCUT2D eigenvalue weighted by molar-refractivity contribution is 1.29. The zero-order chi connectivity index (χ0) is 12.7. The molecule has 0 radical (unpaired) electrons. The molecule has 0 amide bonds. The van der Waals surface area contributed by atoms with Crippen LogP contribution in [0.1, 0.15) is 0 Å². The van der Waals surface area contributed by atoms with E-state index < -0.39 is 0 Å². The van der Waals surface area contributed by atoms with Gasteiger partial charge in [0.05, 0.1) is 5.52 Å². The fraction of sp³-hybridized carbons (Fsp3) is 0. The predicted molar refractivity (Wildman–Crippen MR) is 77.0 cm³/mol. The maximum absolute atomic E-state index is 6.05. The van der Waals surface area contributed by atoms with Crippen LogP contribution in [0.15, 0.2) is 34.9 Å². The number of imidazole rings is 1. The molecule has 1 aromatic carbocycles. The summed E-state index contributed by atoms with van der Waals surface area (Å²) in [4.78, 5) is 11.8. The summed E-state index contributed by atoms with van der Waals surface area (Å²) in [5, 5.41) is 1.09. The molecule has 0 aliphatic rings. The highest BCUT2D eigenvalue weighted by Crippen LogP contribution is 2.27. The van der Waals surface area contributed by atoms with Gasteiger partial charge in [-0.1, -0.05) is 23.2 Å². The maximum atomic E-state index is 6.05. The minimum atomic E-state index is 0.395. The fourth-order valence-electron chi connectivity index (χ4n) is 1.69. The van der Waals surface area contributed by atoms with Gasteiger partial charge in [-0.3, -0.25) is 0 Å². The zero-order valence-electron chi connectivity index (χ0n) is 8.92. The highest BCUT2D eigenvalue weighted by atomic mass is 79.9. The van der Waals surface area contributed by atoms with Crippen molar-refractivity contribution in [3.05, 3.63) is 45.1 Å². The molecule has 0 atom stereocenters. The monoisotopic (exact) mass is 341 g/mol. The van der Waals surface area contributed by atoms with Crippen LogP contribution < -0.4 is 0 Å². The van der Waals surface area contributed by atoms with Crippen LogP contribution in [-0.4, -0.2) is 15.0 Å². The molecule has 90 valence electrons. The third-order valence-electron chi connectivity index (χ3n) is 2.52. The van der Waals surface area contributed by atoms with Crippen molar-refractivity contribution >= 4 is 50.2 Å². The molecular formula is C12H6BrCl2N3. The second-order valence-electron chi connectivity index (χ2n) is 3.72. The van der Waals surface area contributed by atoms with E-state index >= 15 is 0 Å². The van der Waals surface area contributed by atoms with Crippen molar-refractivity contribution in [2.24, 2.45) is 0 Å². The number of rotatable bonds is 1. The van der Waals surface area contributed by atoms with Gasteiger partial charge in [0, 0.05) is 10.6 Å². The molecule has 18 heavy (non-hydrogen) atoms. The van der Waals surface area contributed by atoms with Crippen LogP contribution in [0.25, 0.3) is 22.4 Å². The van der Waals surface area contributed by atoms with Gasteiger partial charge in [-0.25, -0.2) is 9.97 Å². The van der Waals surface area contributed by atoms with Gasteiger partial charge < -0.3 is 4.98 Å². The molecule has 0 bridgehead atoms. The van der Waals surface area contributed by atoms with Gasteiger partial charge in [0.25, 0.3) is 0 Å². The summed E-state index contributed by atoms with van der Waals surface area (Å²) in [7, 11) is 0. The van der Waals surface area contributed by atoms with Crippen LogP contribution >= 0.6 is 39.1 Å². The van der Waals surface area contributed by atoms with E-state index in [1.54, 1.807) is 0 Å². The first-order chi connectivity index (χ1) is 8.63. The number of aromatic nitrogens is 3. The van der Waals surface area contributed by atoms with Crippen molar-refractivity contribution < 1.29 is 0 Å². The largest absolute Gasteiger partial charge is 0.335 e. The summed E-state index contributed by atoms with van der Waals surface area (Å²) in [6.45, 7) is 0. The van der Waals surface area contributed by atoms with E-state index in [2.05, 4.69) is 30.9 Å². The van der Waals surface area contributed by atoms with Crippen molar-refractivity contribution in [2.75, 3.05) is 0 Å². The van der Waals surface area contributed by atoms with Crippen LogP contribution in [0.3, 0.4) is 0 Å². The number of hydrogen-bond acceptors (Lipinski definition) is 2. The third-order valence-corrected chi connectivity index (χ3v) is 3.45. The Bertz CT molecular complexity index is 722. The van der Waals surface area contributed by atoms with Crippen LogP contribution in [0.2, 0.25) is 10.2 Å². The molecule has 0 aliphatic heterocycles. The lowest BCUT2D eigenvalue weighted by atomic mass is 10.2. The minimum absolute atomic E-state index is 0.395. The van der Waals surface area contributed by atoms with Gasteiger partial charge >= 0.3 is 0 Å². The summed E-state index contributed by atoms with van der Waals surface area (Å²) >= 11 is 15.2. The van der Waals surface area contributed by atoms with Crippen molar-refractivity contribution in [1.82, 2.24) is 15.0 Å². The van der Waals surface area contributed by atoms with E-state index in [1.165, 1.54) is 0 Å². The Labute approximate surface area is 121 Å². The quantitative estimate of drug-likeness (QED) is 0.651. The number of fused-ring (bicyclic) bond motifs is 1. The normalized spacial score (nSPS) is 11.1. The Morgan fingerprint density at radius 3 is 2.50 bits per heavy atom. The Morgan fingerprint density at radius 2 is 1.78 bits per heavy atom. The van der Waals surface area contributed by atoms with Gasteiger partial charge in [0.15, 0.2) is 5.15 Å². The topological polar surface area (TPSA) is 41.6 Å². The molecule has 6 heteroatoms. The van der Waals surface area contributed by atoms with E-state index in [0.717, 1.165) is 22.4 Å². The standard InChI is InChI=1S/C12H6BrCl2N3/c13-9-5-8-10(11(15)17-9)18-12(16-8)6-1-3-7(14)4-2-6/h1-5H,(H,16,18). The smallest absolute Gasteiger partial charge is 0.156 e. The molecular weight excluding hydrogens is 337 g/mol. The van der Waals surface area contributed by atoms with E-state index in [0.29, 0.717) is 14.8 Å². The highest BCUT2D eigenvalue weighted by Gasteiger charge is 2.10. The summed E-state index contributed by atoms with van der Waals surface area (Å²) in [5.41, 5.74) is 2.44. The lowest BCUT2D eigenvalue weighted by Gasteiger charge is -1.95. The van der Waals surface area contributed by atoms with Gasteiger partial charge in [0.2, 0.25) is 0 Å². The highest BCUT2D eigenvalue weighted by molar-refractivity contribution is 9.10. The second-order valence-corrected chi connectivity index (χ2v) is 5.33. The number of pyridine rings is 1. The molecule has 0 aliphatic carbocycles. The number of nitrogens with zero attached hydrogens (tertiary/aromatic N) is 2. The first-order valence-electron chi connectivity index (χ1n) is 5.11. The van der Waals surface area contributed by atoms with Gasteiger partial charge in [0.1, 0.15) is 15.9 Å². The number of aromatic amines is 1. The van der Waals surface area contributed by atoms with Crippen LogP contribution in [-0.2, 0) is 0 Å². The van der Waals surface area contributed by atoms with Gasteiger partial charge in [-0.2, -0.15) is 0 Å². The van der Waals surface area contributed by atoms with E-state index in [9.17, 15) is 0 Å². The number of halogens is 3. The fourth-order valence-corrected chi connectivity index (χ4v) is 2.55. The second kappa shape index (κ2) is 4.53. The summed E-state index contributed by atoms with van der Waals surface area (Å²) in [6, 6.07) is 9.25. The Hall–Kier alpha value is -1.10. The molecule has 2 heterocycles. The maximum Gasteiger partial charge on any atom is 0.156 e. The van der Waals surface area contributed by atoms with Crippen molar-refractivity contribution in [3.8, 4) is 11.4 Å². The SMILES string of the molecule is Clc1ccc(-c2nc3cc(Br)nc(Cl)c3[nH]2)cc1. The minimum Gasteiger partial charge on any atom is -0.335 e. The van der Waals surface area contributed by atoms with E-state index in [4.69, 9.17) is 23.2 Å². The molecule has 1 N–H and O–H groups in total. The van der Waals surface area contributed by atoms with Crippen LogP contribution in [0.4, 0.5) is 0 Å². The summed E-state index contributed by atoms with van der Waals surface area (Å²) in [5.74, 6) is 0.739. The molecule has 0 unspecified atom stereocenters. The number of benzene rings is 1. The molecule has 0 saturated heterocycles. The number of hydrogen-bond donors (Lipinski definition) is 1. The van der Waals surface area contributed by atoms with E-state index in [-0.39, 0.29) is 0 Å². The molecule has 0 spiro atoms. The van der Waals surface area contributed by atoms with E-state index in [1.807, 2.05) is 30.3 Å². The average molecular weight is 343 g/mol. The van der Waals surface area contributed by atoms with Crippen molar-refractivity contribution in [1.29, 1.82) is 0 Å². The van der Waals surface area contributed by atoms with Gasteiger partial charge in [-0.05, 0) is 46.3 Å². The Kier molecular flexibility index (Phi) is 3.01. The Morgan fingerprint density at radius 1 is 1.06 bits per heavy atom. The Balaban J connectivity index is 2.19. The van der Waals surface area contributed by atoms with Crippen LogP contribution in [0.5, 0.6) is 0 Å². The van der Waals surface area contributed by atoms with Crippen molar-refractivity contribution in [3.63, 3.8) is 0 Å². The molecule has 3 nitrogen and oxygen atoms in total. The van der Waals surface area contributed by atoms with Crippen LogP contribution in [0, 0.1) is 0 Å². The molecule has 3 aromatic rings.